The van der Waals surface area contributed by atoms with Crippen LogP contribution in [0.25, 0.3) is 0 Å². The number of amides is 1. The van der Waals surface area contributed by atoms with Gasteiger partial charge in [0.2, 0.25) is 0 Å². The zero-order valence-electron chi connectivity index (χ0n) is 14.7. The number of benzene rings is 2. The topological polar surface area (TPSA) is 50.8 Å². The first-order chi connectivity index (χ1) is 12.2. The SMILES string of the molecule is CCOCCOc1cccc(C2Nc3ccccc3C(=O)N2CC)c1. The van der Waals surface area contributed by atoms with Crippen LogP contribution in [0.4, 0.5) is 5.69 Å². The van der Waals surface area contributed by atoms with E-state index in [4.69, 9.17) is 9.47 Å². The summed E-state index contributed by atoms with van der Waals surface area (Å²) in [7, 11) is 0. The molecule has 2 aromatic carbocycles. The molecule has 5 nitrogen and oxygen atoms in total. The molecule has 25 heavy (non-hydrogen) atoms. The van der Waals surface area contributed by atoms with Gasteiger partial charge in [0.15, 0.2) is 0 Å². The van der Waals surface area contributed by atoms with Crippen molar-refractivity contribution in [3.05, 3.63) is 59.7 Å². The molecule has 3 rings (SSSR count). The van der Waals surface area contributed by atoms with Gasteiger partial charge in [-0.05, 0) is 43.7 Å². The molecule has 132 valence electrons. The molecule has 0 aliphatic carbocycles. The molecule has 1 amide bonds. The van der Waals surface area contributed by atoms with Crippen molar-refractivity contribution in [3.8, 4) is 5.75 Å². The molecule has 1 aliphatic heterocycles. The molecule has 0 radical (unpaired) electrons. The van der Waals surface area contributed by atoms with Gasteiger partial charge in [0.05, 0.1) is 12.2 Å². The Bertz CT molecular complexity index is 732. The van der Waals surface area contributed by atoms with Gasteiger partial charge in [0.1, 0.15) is 18.5 Å². The van der Waals surface area contributed by atoms with Gasteiger partial charge in [-0.2, -0.15) is 0 Å². The highest BCUT2D eigenvalue weighted by molar-refractivity contribution is 6.01. The van der Waals surface area contributed by atoms with Crippen LogP contribution in [0.15, 0.2) is 48.5 Å². The van der Waals surface area contributed by atoms with Gasteiger partial charge in [-0.25, -0.2) is 0 Å². The third-order valence-electron chi connectivity index (χ3n) is 4.24. The van der Waals surface area contributed by atoms with E-state index in [0.717, 1.165) is 17.0 Å². The summed E-state index contributed by atoms with van der Waals surface area (Å²) >= 11 is 0. The monoisotopic (exact) mass is 340 g/mol. The van der Waals surface area contributed by atoms with Crippen molar-refractivity contribution < 1.29 is 14.3 Å². The van der Waals surface area contributed by atoms with Crippen LogP contribution in [-0.4, -0.2) is 37.2 Å². The molecule has 1 heterocycles. The first-order valence-corrected chi connectivity index (χ1v) is 8.71. The van der Waals surface area contributed by atoms with Crippen LogP contribution in [0.3, 0.4) is 0 Å². The first kappa shape index (κ1) is 17.3. The van der Waals surface area contributed by atoms with Crippen molar-refractivity contribution in [1.29, 1.82) is 0 Å². The minimum atomic E-state index is -0.206. The number of fused-ring (bicyclic) bond motifs is 1. The van der Waals surface area contributed by atoms with Crippen molar-refractivity contribution in [2.75, 3.05) is 31.7 Å². The van der Waals surface area contributed by atoms with E-state index in [9.17, 15) is 4.79 Å². The maximum absolute atomic E-state index is 12.8. The van der Waals surface area contributed by atoms with Crippen molar-refractivity contribution in [3.63, 3.8) is 0 Å². The standard InChI is InChI=1S/C20H24N2O3/c1-3-22-19(21-18-11-6-5-10-17(18)20(22)23)15-8-7-9-16(14-15)25-13-12-24-4-2/h5-11,14,19,21H,3-4,12-13H2,1-2H3. The molecular formula is C20H24N2O3. The van der Waals surface area contributed by atoms with Crippen LogP contribution in [0.1, 0.15) is 35.9 Å². The molecule has 0 fully saturated rings. The van der Waals surface area contributed by atoms with Crippen molar-refractivity contribution in [1.82, 2.24) is 4.90 Å². The van der Waals surface area contributed by atoms with Gasteiger partial charge in [0, 0.05) is 18.8 Å². The second kappa shape index (κ2) is 8.03. The van der Waals surface area contributed by atoms with Crippen molar-refractivity contribution >= 4 is 11.6 Å². The molecule has 1 N–H and O–H groups in total. The van der Waals surface area contributed by atoms with E-state index >= 15 is 0 Å². The Morgan fingerprint density at radius 3 is 2.72 bits per heavy atom. The van der Waals surface area contributed by atoms with Crippen LogP contribution in [0, 0.1) is 0 Å². The van der Waals surface area contributed by atoms with Gasteiger partial charge in [0.25, 0.3) is 5.91 Å². The zero-order valence-corrected chi connectivity index (χ0v) is 14.7. The third kappa shape index (κ3) is 3.77. The number of hydrogen-bond acceptors (Lipinski definition) is 4. The summed E-state index contributed by atoms with van der Waals surface area (Å²) in [6, 6.07) is 15.5. The Morgan fingerprint density at radius 2 is 1.92 bits per heavy atom. The third-order valence-corrected chi connectivity index (χ3v) is 4.24. The maximum Gasteiger partial charge on any atom is 0.257 e. The van der Waals surface area contributed by atoms with E-state index in [2.05, 4.69) is 5.32 Å². The van der Waals surface area contributed by atoms with Gasteiger partial charge in [-0.1, -0.05) is 24.3 Å². The zero-order chi connectivity index (χ0) is 17.6. The van der Waals surface area contributed by atoms with Gasteiger partial charge >= 0.3 is 0 Å². The highest BCUT2D eigenvalue weighted by atomic mass is 16.5. The van der Waals surface area contributed by atoms with E-state index < -0.39 is 0 Å². The number of para-hydroxylation sites is 1. The predicted octanol–water partition coefficient (Wildman–Crippen LogP) is 3.69. The molecule has 1 aliphatic rings. The van der Waals surface area contributed by atoms with Crippen LogP contribution in [-0.2, 0) is 4.74 Å². The predicted molar refractivity (Wildman–Crippen MR) is 97.9 cm³/mol. The largest absolute Gasteiger partial charge is 0.491 e. The van der Waals surface area contributed by atoms with Crippen LogP contribution >= 0.6 is 0 Å². The number of nitrogens with one attached hydrogen (secondary N) is 1. The molecule has 0 bridgehead atoms. The summed E-state index contributed by atoms with van der Waals surface area (Å²) < 4.78 is 11.0. The van der Waals surface area contributed by atoms with Crippen LogP contribution in [0.2, 0.25) is 0 Å². The molecule has 2 aromatic rings. The summed E-state index contributed by atoms with van der Waals surface area (Å²) in [6.07, 6.45) is -0.206. The molecule has 0 saturated carbocycles. The average molecular weight is 340 g/mol. The van der Waals surface area contributed by atoms with E-state index in [1.807, 2.05) is 67.3 Å². The van der Waals surface area contributed by atoms with Crippen LogP contribution < -0.4 is 10.1 Å². The second-order valence-electron chi connectivity index (χ2n) is 5.80. The lowest BCUT2D eigenvalue weighted by Crippen LogP contribution is -2.42. The fraction of sp³-hybridized carbons (Fsp3) is 0.350. The Morgan fingerprint density at radius 1 is 1.08 bits per heavy atom. The molecule has 0 saturated heterocycles. The normalized spacial score (nSPS) is 16.3. The van der Waals surface area contributed by atoms with E-state index in [-0.39, 0.29) is 12.1 Å². The second-order valence-corrected chi connectivity index (χ2v) is 5.80. The summed E-state index contributed by atoms with van der Waals surface area (Å²) in [5.41, 5.74) is 2.58. The fourth-order valence-corrected chi connectivity index (χ4v) is 3.02. The number of nitrogens with zero attached hydrogens (tertiary/aromatic N) is 1. The lowest BCUT2D eigenvalue weighted by Gasteiger charge is -2.37. The van der Waals surface area contributed by atoms with Gasteiger partial charge < -0.3 is 19.7 Å². The molecule has 1 unspecified atom stereocenters. The summed E-state index contributed by atoms with van der Waals surface area (Å²) in [5.74, 6) is 0.825. The lowest BCUT2D eigenvalue weighted by molar-refractivity contribution is 0.0694. The number of carbonyl (C=O) groups excluding carboxylic acids is 1. The fourth-order valence-electron chi connectivity index (χ4n) is 3.02. The van der Waals surface area contributed by atoms with E-state index in [1.54, 1.807) is 0 Å². The smallest absolute Gasteiger partial charge is 0.257 e. The number of carbonyl (C=O) groups is 1. The Balaban J connectivity index is 1.82. The summed E-state index contributed by atoms with van der Waals surface area (Å²) in [5, 5.41) is 3.47. The van der Waals surface area contributed by atoms with Crippen molar-refractivity contribution in [2.45, 2.75) is 20.0 Å². The molecule has 0 spiro atoms. The number of anilines is 1. The number of ether oxygens (including phenoxy) is 2. The first-order valence-electron chi connectivity index (χ1n) is 8.71. The number of hydrogen-bond donors (Lipinski definition) is 1. The minimum Gasteiger partial charge on any atom is -0.491 e. The highest BCUT2D eigenvalue weighted by Crippen LogP contribution is 2.33. The quantitative estimate of drug-likeness (QED) is 0.781. The average Bonchev–Trinajstić information content (AvgIpc) is 2.65. The Kier molecular flexibility index (Phi) is 5.56. The number of rotatable bonds is 7. The molecular weight excluding hydrogens is 316 g/mol. The van der Waals surface area contributed by atoms with Crippen molar-refractivity contribution in [2.24, 2.45) is 0 Å². The Hall–Kier alpha value is -2.53. The summed E-state index contributed by atoms with van der Waals surface area (Å²) in [6.45, 7) is 6.33. The minimum absolute atomic E-state index is 0.0458. The van der Waals surface area contributed by atoms with Gasteiger partial charge in [-0.3, -0.25) is 4.79 Å². The molecule has 5 heteroatoms. The highest BCUT2D eigenvalue weighted by Gasteiger charge is 2.31. The van der Waals surface area contributed by atoms with E-state index in [0.29, 0.717) is 31.9 Å². The molecule has 1 atom stereocenters. The maximum atomic E-state index is 12.8. The summed E-state index contributed by atoms with van der Waals surface area (Å²) in [4.78, 5) is 14.6. The lowest BCUT2D eigenvalue weighted by atomic mass is 10.0. The van der Waals surface area contributed by atoms with Gasteiger partial charge in [-0.15, -0.1) is 0 Å². The van der Waals surface area contributed by atoms with E-state index in [1.165, 1.54) is 0 Å². The van der Waals surface area contributed by atoms with Crippen LogP contribution in [0.5, 0.6) is 5.75 Å². The Labute approximate surface area is 148 Å². The molecule has 0 aromatic heterocycles.